The summed E-state index contributed by atoms with van der Waals surface area (Å²) in [6, 6.07) is 16.2. The van der Waals surface area contributed by atoms with Gasteiger partial charge in [-0.25, -0.2) is 0 Å². The molecule has 0 heterocycles. The summed E-state index contributed by atoms with van der Waals surface area (Å²) in [5.41, 5.74) is 9.25. The van der Waals surface area contributed by atoms with Gasteiger partial charge in [-0.3, -0.25) is 0 Å². The van der Waals surface area contributed by atoms with Crippen LogP contribution < -0.4 is 10.5 Å². The van der Waals surface area contributed by atoms with Crippen LogP contribution in [0.1, 0.15) is 22.8 Å². The molecule has 2 aromatic carbocycles. The zero-order chi connectivity index (χ0) is 14.4. The van der Waals surface area contributed by atoms with Gasteiger partial charge in [0.05, 0.1) is 6.61 Å². The maximum atomic E-state index is 6.00. The van der Waals surface area contributed by atoms with Crippen molar-refractivity contribution < 1.29 is 9.47 Å². The molecule has 0 aliphatic heterocycles. The molecule has 0 radical (unpaired) electrons. The lowest BCUT2D eigenvalue weighted by molar-refractivity contribution is 0.183. The standard InChI is InChI=1S/C17H21NO2/c1-13-6-8-15(9-7-13)17(11-18)20-16-5-3-4-14(10-16)12-19-2/h3-10,17H,11-12,18H2,1-2H3. The predicted molar refractivity (Wildman–Crippen MR) is 80.8 cm³/mol. The second-order valence-electron chi connectivity index (χ2n) is 4.83. The van der Waals surface area contributed by atoms with E-state index >= 15 is 0 Å². The van der Waals surface area contributed by atoms with Crippen LogP contribution in [0.15, 0.2) is 48.5 Å². The Morgan fingerprint density at radius 3 is 2.50 bits per heavy atom. The second-order valence-corrected chi connectivity index (χ2v) is 4.83. The molecular formula is C17H21NO2. The molecule has 0 bridgehead atoms. The van der Waals surface area contributed by atoms with Crippen LogP contribution >= 0.6 is 0 Å². The van der Waals surface area contributed by atoms with Crippen molar-refractivity contribution in [1.29, 1.82) is 0 Å². The number of benzene rings is 2. The summed E-state index contributed by atoms with van der Waals surface area (Å²) in [6.07, 6.45) is -0.131. The third kappa shape index (κ3) is 3.83. The van der Waals surface area contributed by atoms with Gasteiger partial charge in [-0.2, -0.15) is 0 Å². The normalized spacial score (nSPS) is 12.2. The molecule has 3 nitrogen and oxygen atoms in total. The van der Waals surface area contributed by atoms with Crippen LogP contribution in [-0.2, 0) is 11.3 Å². The fraction of sp³-hybridized carbons (Fsp3) is 0.294. The first-order chi connectivity index (χ1) is 9.72. The molecule has 0 aliphatic carbocycles. The van der Waals surface area contributed by atoms with Crippen molar-refractivity contribution in [1.82, 2.24) is 0 Å². The first-order valence-corrected chi connectivity index (χ1v) is 6.74. The molecule has 0 spiro atoms. The topological polar surface area (TPSA) is 44.5 Å². The summed E-state index contributed by atoms with van der Waals surface area (Å²) in [4.78, 5) is 0. The maximum Gasteiger partial charge on any atom is 0.136 e. The van der Waals surface area contributed by atoms with Crippen LogP contribution in [0.25, 0.3) is 0 Å². The van der Waals surface area contributed by atoms with E-state index in [4.69, 9.17) is 15.2 Å². The van der Waals surface area contributed by atoms with E-state index in [2.05, 4.69) is 31.2 Å². The number of hydrogen-bond donors (Lipinski definition) is 1. The molecule has 0 aromatic heterocycles. The number of nitrogens with two attached hydrogens (primary N) is 1. The zero-order valence-electron chi connectivity index (χ0n) is 12.0. The van der Waals surface area contributed by atoms with Gasteiger partial charge < -0.3 is 15.2 Å². The highest BCUT2D eigenvalue weighted by atomic mass is 16.5. The predicted octanol–water partition coefficient (Wildman–Crippen LogP) is 3.22. The maximum absolute atomic E-state index is 6.00. The summed E-state index contributed by atoms with van der Waals surface area (Å²) >= 11 is 0. The van der Waals surface area contributed by atoms with Crippen molar-refractivity contribution in [3.8, 4) is 5.75 Å². The molecule has 0 fully saturated rings. The van der Waals surface area contributed by atoms with Gasteiger partial charge in [0, 0.05) is 13.7 Å². The summed E-state index contributed by atoms with van der Waals surface area (Å²) in [5, 5.41) is 0. The smallest absolute Gasteiger partial charge is 0.136 e. The lowest BCUT2D eigenvalue weighted by Crippen LogP contribution is -2.18. The first kappa shape index (κ1) is 14.6. The van der Waals surface area contributed by atoms with Crippen LogP contribution in [0.5, 0.6) is 5.75 Å². The van der Waals surface area contributed by atoms with E-state index < -0.39 is 0 Å². The van der Waals surface area contributed by atoms with Gasteiger partial charge in [-0.05, 0) is 30.2 Å². The van der Waals surface area contributed by atoms with Gasteiger partial charge in [0.1, 0.15) is 11.9 Å². The Morgan fingerprint density at radius 1 is 1.10 bits per heavy atom. The minimum absolute atomic E-state index is 0.131. The quantitative estimate of drug-likeness (QED) is 0.877. The number of ether oxygens (including phenoxy) is 2. The van der Waals surface area contributed by atoms with Crippen molar-refractivity contribution in [3.63, 3.8) is 0 Å². The molecule has 2 N–H and O–H groups in total. The highest BCUT2D eigenvalue weighted by Gasteiger charge is 2.11. The van der Waals surface area contributed by atoms with E-state index in [1.165, 1.54) is 5.56 Å². The zero-order valence-corrected chi connectivity index (χ0v) is 12.0. The van der Waals surface area contributed by atoms with Gasteiger partial charge in [0.15, 0.2) is 0 Å². The molecule has 3 heteroatoms. The average Bonchev–Trinajstić information content (AvgIpc) is 2.47. The summed E-state index contributed by atoms with van der Waals surface area (Å²) in [6.45, 7) is 3.09. The van der Waals surface area contributed by atoms with Crippen molar-refractivity contribution in [2.24, 2.45) is 5.73 Å². The van der Waals surface area contributed by atoms with Crippen molar-refractivity contribution in [2.45, 2.75) is 19.6 Å². The van der Waals surface area contributed by atoms with Crippen LogP contribution in [0.2, 0.25) is 0 Å². The van der Waals surface area contributed by atoms with Crippen LogP contribution in [0.4, 0.5) is 0 Å². The van der Waals surface area contributed by atoms with Gasteiger partial charge in [-0.1, -0.05) is 42.0 Å². The van der Waals surface area contributed by atoms with Gasteiger partial charge in [-0.15, -0.1) is 0 Å². The molecule has 0 amide bonds. The Balaban J connectivity index is 2.13. The Morgan fingerprint density at radius 2 is 1.85 bits per heavy atom. The average molecular weight is 271 g/mol. The van der Waals surface area contributed by atoms with Crippen molar-refractivity contribution >= 4 is 0 Å². The molecule has 2 aromatic rings. The summed E-state index contributed by atoms with van der Waals surface area (Å²) in [7, 11) is 1.68. The Hall–Kier alpha value is -1.84. The van der Waals surface area contributed by atoms with Crippen LogP contribution in [0, 0.1) is 6.92 Å². The Labute approximate surface area is 120 Å². The number of hydrogen-bond acceptors (Lipinski definition) is 3. The van der Waals surface area contributed by atoms with Gasteiger partial charge in [0.25, 0.3) is 0 Å². The Kier molecular flexibility index (Phi) is 5.16. The van der Waals surface area contributed by atoms with Crippen LogP contribution in [-0.4, -0.2) is 13.7 Å². The number of aryl methyl sites for hydroxylation is 1. The molecule has 20 heavy (non-hydrogen) atoms. The third-order valence-corrected chi connectivity index (χ3v) is 3.15. The molecule has 0 saturated carbocycles. The van der Waals surface area contributed by atoms with E-state index in [0.717, 1.165) is 16.9 Å². The largest absolute Gasteiger partial charge is 0.484 e. The molecule has 106 valence electrons. The molecule has 0 saturated heterocycles. The summed E-state index contributed by atoms with van der Waals surface area (Å²) < 4.78 is 11.1. The van der Waals surface area contributed by atoms with Crippen LogP contribution in [0.3, 0.4) is 0 Å². The van der Waals surface area contributed by atoms with Gasteiger partial charge in [0.2, 0.25) is 0 Å². The third-order valence-electron chi connectivity index (χ3n) is 3.15. The Bertz CT molecular complexity index is 537. The molecular weight excluding hydrogens is 250 g/mol. The lowest BCUT2D eigenvalue weighted by atomic mass is 10.1. The summed E-state index contributed by atoms with van der Waals surface area (Å²) in [5.74, 6) is 0.815. The van der Waals surface area contributed by atoms with E-state index in [-0.39, 0.29) is 6.10 Å². The molecule has 0 aliphatic rings. The SMILES string of the molecule is COCc1cccc(OC(CN)c2ccc(C)cc2)c1. The minimum atomic E-state index is -0.131. The van der Waals surface area contributed by atoms with Gasteiger partial charge >= 0.3 is 0 Å². The highest BCUT2D eigenvalue weighted by Crippen LogP contribution is 2.22. The lowest BCUT2D eigenvalue weighted by Gasteiger charge is -2.18. The number of methoxy groups -OCH3 is 1. The highest BCUT2D eigenvalue weighted by molar-refractivity contribution is 5.30. The first-order valence-electron chi connectivity index (χ1n) is 6.74. The fourth-order valence-corrected chi connectivity index (χ4v) is 2.07. The fourth-order valence-electron chi connectivity index (χ4n) is 2.07. The monoisotopic (exact) mass is 271 g/mol. The van der Waals surface area contributed by atoms with Crippen molar-refractivity contribution in [2.75, 3.05) is 13.7 Å². The van der Waals surface area contributed by atoms with E-state index in [9.17, 15) is 0 Å². The van der Waals surface area contributed by atoms with Crippen molar-refractivity contribution in [3.05, 3.63) is 65.2 Å². The molecule has 1 atom stereocenters. The molecule has 1 unspecified atom stereocenters. The van der Waals surface area contributed by atoms with E-state index in [0.29, 0.717) is 13.2 Å². The van der Waals surface area contributed by atoms with E-state index in [1.807, 2.05) is 24.3 Å². The van der Waals surface area contributed by atoms with E-state index in [1.54, 1.807) is 7.11 Å². The second kappa shape index (κ2) is 7.08. The number of rotatable bonds is 6. The minimum Gasteiger partial charge on any atom is -0.484 e. The molecule has 2 rings (SSSR count).